The van der Waals surface area contributed by atoms with Gasteiger partial charge in [-0.3, -0.25) is 0 Å². The number of aryl methyl sites for hydroxylation is 1. The maximum absolute atomic E-state index is 9.74. The van der Waals surface area contributed by atoms with Gasteiger partial charge >= 0.3 is 0 Å². The minimum atomic E-state index is -0.565. The molecule has 1 N–H and O–H groups in total. The summed E-state index contributed by atoms with van der Waals surface area (Å²) < 4.78 is 13.0. The Morgan fingerprint density at radius 2 is 2.25 bits per heavy atom. The second-order valence-corrected chi connectivity index (χ2v) is 4.58. The summed E-state index contributed by atoms with van der Waals surface area (Å²) in [7, 11) is 1.61. The van der Waals surface area contributed by atoms with Gasteiger partial charge in [0.2, 0.25) is 0 Å². The molecule has 5 heteroatoms. The summed E-state index contributed by atoms with van der Waals surface area (Å²) in [6.07, 6.45) is 5.77. The monoisotopic (exact) mass is 276 g/mol. The number of hydrogen-bond acceptors (Lipinski definition) is 4. The molecule has 0 radical (unpaired) electrons. The van der Waals surface area contributed by atoms with Gasteiger partial charge in [0.25, 0.3) is 0 Å². The molecule has 0 bridgehead atoms. The Morgan fingerprint density at radius 1 is 1.40 bits per heavy atom. The largest absolute Gasteiger partial charge is 0.497 e. The quantitative estimate of drug-likeness (QED) is 0.789. The van der Waals surface area contributed by atoms with Crippen LogP contribution in [0.3, 0.4) is 0 Å². The molecule has 1 aromatic heterocycles. The molecule has 108 valence electrons. The van der Waals surface area contributed by atoms with Crippen LogP contribution in [0.15, 0.2) is 36.9 Å². The first kappa shape index (κ1) is 14.4. The van der Waals surface area contributed by atoms with Crippen LogP contribution >= 0.6 is 0 Å². The van der Waals surface area contributed by atoms with Gasteiger partial charge in [-0.05, 0) is 25.5 Å². The minimum absolute atomic E-state index is 0.565. The normalized spacial score (nSPS) is 12.2. The summed E-state index contributed by atoms with van der Waals surface area (Å²) in [4.78, 5) is 3.99. The summed E-state index contributed by atoms with van der Waals surface area (Å²) in [5, 5.41) is 9.74. The van der Waals surface area contributed by atoms with E-state index in [0.29, 0.717) is 12.4 Å². The molecule has 0 unspecified atom stereocenters. The molecule has 2 aromatic rings. The number of benzene rings is 1. The number of nitrogens with zero attached hydrogens (tertiary/aromatic N) is 2. The Bertz CT molecular complexity index is 524. The topological polar surface area (TPSA) is 56.5 Å². The van der Waals surface area contributed by atoms with Gasteiger partial charge in [0, 0.05) is 30.6 Å². The van der Waals surface area contributed by atoms with E-state index in [2.05, 4.69) is 4.98 Å². The minimum Gasteiger partial charge on any atom is -0.497 e. The van der Waals surface area contributed by atoms with Crippen molar-refractivity contribution in [3.63, 3.8) is 0 Å². The first-order chi connectivity index (χ1) is 9.70. The predicted molar refractivity (Wildman–Crippen MR) is 76.0 cm³/mol. The zero-order valence-corrected chi connectivity index (χ0v) is 11.8. The number of rotatable bonds is 7. The summed E-state index contributed by atoms with van der Waals surface area (Å²) in [6.45, 7) is 3.15. The Labute approximate surface area is 118 Å². The lowest BCUT2D eigenvalue weighted by atomic mass is 10.1. The number of aromatic nitrogens is 2. The highest BCUT2D eigenvalue weighted by Gasteiger charge is 2.10. The van der Waals surface area contributed by atoms with Gasteiger partial charge < -0.3 is 19.1 Å². The third-order valence-electron chi connectivity index (χ3n) is 3.05. The molecule has 0 aliphatic heterocycles. The van der Waals surface area contributed by atoms with Crippen LogP contribution in [-0.4, -0.2) is 28.4 Å². The standard InChI is InChI=1S/C15H20N2O3/c1-12(18)14-5-4-13(19-2)10-15(14)20-9-3-7-17-8-6-16-11-17/h4-6,8,10-12,18H,3,7,9H2,1-2H3/t12-/m0/s1. The first-order valence-electron chi connectivity index (χ1n) is 6.65. The van der Waals surface area contributed by atoms with E-state index in [4.69, 9.17) is 9.47 Å². The van der Waals surface area contributed by atoms with Crippen LogP contribution in [0.25, 0.3) is 0 Å². The van der Waals surface area contributed by atoms with Crippen molar-refractivity contribution in [2.24, 2.45) is 0 Å². The van der Waals surface area contributed by atoms with Crippen LogP contribution in [-0.2, 0) is 6.54 Å². The van der Waals surface area contributed by atoms with E-state index >= 15 is 0 Å². The number of imidazole rings is 1. The molecule has 1 aromatic carbocycles. The lowest BCUT2D eigenvalue weighted by molar-refractivity contribution is 0.190. The van der Waals surface area contributed by atoms with Crippen molar-refractivity contribution in [2.45, 2.75) is 26.0 Å². The van der Waals surface area contributed by atoms with E-state index in [-0.39, 0.29) is 0 Å². The maximum Gasteiger partial charge on any atom is 0.128 e. The van der Waals surface area contributed by atoms with Gasteiger partial charge in [-0.1, -0.05) is 0 Å². The van der Waals surface area contributed by atoms with Crippen LogP contribution in [0, 0.1) is 0 Å². The molecule has 0 fully saturated rings. The van der Waals surface area contributed by atoms with Crippen molar-refractivity contribution in [1.82, 2.24) is 9.55 Å². The molecule has 0 spiro atoms. The molecule has 1 atom stereocenters. The van der Waals surface area contributed by atoms with Gasteiger partial charge in [0.1, 0.15) is 11.5 Å². The molecule has 5 nitrogen and oxygen atoms in total. The molecular formula is C15H20N2O3. The maximum atomic E-state index is 9.74. The van der Waals surface area contributed by atoms with Gasteiger partial charge in [0.15, 0.2) is 0 Å². The van der Waals surface area contributed by atoms with Crippen LogP contribution in [0.1, 0.15) is 25.0 Å². The van der Waals surface area contributed by atoms with Crippen molar-refractivity contribution < 1.29 is 14.6 Å². The van der Waals surface area contributed by atoms with E-state index in [0.717, 1.165) is 24.3 Å². The molecule has 0 aliphatic carbocycles. The van der Waals surface area contributed by atoms with Crippen molar-refractivity contribution in [3.8, 4) is 11.5 Å². The molecule has 0 aliphatic rings. The zero-order valence-electron chi connectivity index (χ0n) is 11.8. The van der Waals surface area contributed by atoms with Crippen LogP contribution in [0.5, 0.6) is 11.5 Å². The van der Waals surface area contributed by atoms with Gasteiger partial charge in [0.05, 0.1) is 26.1 Å². The Hall–Kier alpha value is -2.01. The third kappa shape index (κ3) is 3.74. The van der Waals surface area contributed by atoms with E-state index in [1.807, 2.05) is 22.9 Å². The van der Waals surface area contributed by atoms with E-state index < -0.39 is 6.10 Å². The number of aliphatic hydroxyl groups is 1. The number of ether oxygens (including phenoxy) is 2. The third-order valence-corrected chi connectivity index (χ3v) is 3.05. The van der Waals surface area contributed by atoms with Crippen molar-refractivity contribution in [1.29, 1.82) is 0 Å². The van der Waals surface area contributed by atoms with E-state index in [9.17, 15) is 5.11 Å². The SMILES string of the molecule is COc1ccc([C@H](C)O)c(OCCCn2ccnc2)c1. The van der Waals surface area contributed by atoms with Crippen molar-refractivity contribution in [3.05, 3.63) is 42.5 Å². The highest BCUT2D eigenvalue weighted by Crippen LogP contribution is 2.29. The van der Waals surface area contributed by atoms with E-state index in [1.54, 1.807) is 32.6 Å². The smallest absolute Gasteiger partial charge is 0.128 e. The first-order valence-corrected chi connectivity index (χ1v) is 6.65. The lowest BCUT2D eigenvalue weighted by Crippen LogP contribution is -2.05. The fraction of sp³-hybridized carbons (Fsp3) is 0.400. The Kier molecular flexibility index (Phi) is 5.01. The summed E-state index contributed by atoms with van der Waals surface area (Å²) in [5.74, 6) is 1.39. The molecule has 0 saturated heterocycles. The molecular weight excluding hydrogens is 256 g/mol. The molecule has 1 heterocycles. The van der Waals surface area contributed by atoms with Gasteiger partial charge in [-0.2, -0.15) is 0 Å². The summed E-state index contributed by atoms with van der Waals surface area (Å²) >= 11 is 0. The fourth-order valence-electron chi connectivity index (χ4n) is 1.96. The van der Waals surface area contributed by atoms with Crippen LogP contribution < -0.4 is 9.47 Å². The van der Waals surface area contributed by atoms with Crippen molar-refractivity contribution in [2.75, 3.05) is 13.7 Å². The number of methoxy groups -OCH3 is 1. The average Bonchev–Trinajstić information content (AvgIpc) is 2.96. The lowest BCUT2D eigenvalue weighted by Gasteiger charge is -2.14. The predicted octanol–water partition coefficient (Wildman–Crippen LogP) is 2.41. The number of hydrogen-bond donors (Lipinski definition) is 1. The number of aliphatic hydroxyl groups excluding tert-OH is 1. The molecule has 0 saturated carbocycles. The van der Waals surface area contributed by atoms with Gasteiger partial charge in [-0.15, -0.1) is 0 Å². The highest BCUT2D eigenvalue weighted by atomic mass is 16.5. The molecule has 20 heavy (non-hydrogen) atoms. The Morgan fingerprint density at radius 3 is 2.90 bits per heavy atom. The summed E-state index contributed by atoms with van der Waals surface area (Å²) in [5.41, 5.74) is 0.772. The van der Waals surface area contributed by atoms with Gasteiger partial charge in [-0.25, -0.2) is 4.98 Å². The Balaban J connectivity index is 1.93. The average molecular weight is 276 g/mol. The van der Waals surface area contributed by atoms with Crippen LogP contribution in [0.2, 0.25) is 0 Å². The van der Waals surface area contributed by atoms with Crippen LogP contribution in [0.4, 0.5) is 0 Å². The van der Waals surface area contributed by atoms with E-state index in [1.165, 1.54) is 0 Å². The van der Waals surface area contributed by atoms with Crippen molar-refractivity contribution >= 4 is 0 Å². The second-order valence-electron chi connectivity index (χ2n) is 4.58. The molecule has 2 rings (SSSR count). The molecule has 0 amide bonds. The second kappa shape index (κ2) is 6.96. The fourth-order valence-corrected chi connectivity index (χ4v) is 1.96. The zero-order chi connectivity index (χ0) is 14.4. The summed E-state index contributed by atoms with van der Waals surface area (Å²) in [6, 6.07) is 5.45. The highest BCUT2D eigenvalue weighted by molar-refractivity contribution is 5.41.